The van der Waals surface area contributed by atoms with E-state index < -0.39 is 0 Å². The molecule has 1 aromatic heterocycles. The van der Waals surface area contributed by atoms with Gasteiger partial charge in [0.2, 0.25) is 0 Å². The average molecular weight is 246 g/mol. The number of ether oxygens (including phenoxy) is 1. The molecular weight excluding hydrogens is 228 g/mol. The zero-order valence-electron chi connectivity index (χ0n) is 10.3. The minimum Gasteiger partial charge on any atom is -0.481 e. The molecule has 1 heterocycles. The van der Waals surface area contributed by atoms with Gasteiger partial charge in [0.15, 0.2) is 5.06 Å². The van der Waals surface area contributed by atoms with Gasteiger partial charge in [-0.15, -0.1) is 11.3 Å². The molecule has 0 aliphatic carbocycles. The van der Waals surface area contributed by atoms with E-state index in [2.05, 4.69) is 56.3 Å². The van der Waals surface area contributed by atoms with Crippen LogP contribution in [0.5, 0.6) is 5.06 Å². The summed E-state index contributed by atoms with van der Waals surface area (Å²) in [5, 5.41) is 1.03. The number of rotatable bonds is 5. The lowest BCUT2D eigenvalue weighted by Gasteiger charge is -2.09. The molecule has 90 valence electrons. The molecule has 0 aliphatic rings. The predicted molar refractivity (Wildman–Crippen MR) is 73.9 cm³/mol. The van der Waals surface area contributed by atoms with Crippen LogP contribution in [0.25, 0.3) is 0 Å². The summed E-state index contributed by atoms with van der Waals surface area (Å²) in [6, 6.07) is 14.8. The Balaban J connectivity index is 1.99. The normalized spacial score (nSPS) is 12.4. The first-order valence-corrected chi connectivity index (χ1v) is 6.89. The summed E-state index contributed by atoms with van der Waals surface area (Å²) in [5.41, 5.74) is 1.35. The number of thiophene rings is 1. The lowest BCUT2D eigenvalue weighted by atomic mass is 10.1. The molecule has 0 saturated heterocycles. The fraction of sp³-hybridized carbons (Fsp3) is 0.333. The second kappa shape index (κ2) is 5.87. The molecule has 0 bridgehead atoms. The maximum absolute atomic E-state index is 5.80. The summed E-state index contributed by atoms with van der Waals surface area (Å²) in [4.78, 5) is 1.36. The highest BCUT2D eigenvalue weighted by Crippen LogP contribution is 2.27. The van der Waals surface area contributed by atoms with Crippen LogP contribution >= 0.6 is 11.3 Å². The summed E-state index contributed by atoms with van der Waals surface area (Å²) >= 11 is 1.75. The first-order valence-electron chi connectivity index (χ1n) is 6.07. The standard InChI is InChI=1S/C15H18OS/c1-3-12(2)16-15-10-9-14(17-15)11-13-7-5-4-6-8-13/h4-10,12H,3,11H2,1-2H3. The molecule has 0 saturated carbocycles. The van der Waals surface area contributed by atoms with E-state index in [0.29, 0.717) is 6.10 Å². The smallest absolute Gasteiger partial charge is 0.174 e. The molecule has 0 fully saturated rings. The third-order valence-corrected chi connectivity index (χ3v) is 3.73. The number of hydrogen-bond acceptors (Lipinski definition) is 2. The van der Waals surface area contributed by atoms with Crippen molar-refractivity contribution in [2.75, 3.05) is 0 Å². The van der Waals surface area contributed by atoms with Crippen LogP contribution < -0.4 is 4.74 Å². The van der Waals surface area contributed by atoms with Gasteiger partial charge in [-0.3, -0.25) is 0 Å². The van der Waals surface area contributed by atoms with Crippen molar-refractivity contribution in [3.05, 3.63) is 52.9 Å². The number of benzene rings is 1. The van der Waals surface area contributed by atoms with Gasteiger partial charge in [-0.1, -0.05) is 37.3 Å². The van der Waals surface area contributed by atoms with Crippen LogP contribution in [0.15, 0.2) is 42.5 Å². The molecule has 1 unspecified atom stereocenters. The van der Waals surface area contributed by atoms with Crippen molar-refractivity contribution in [3.63, 3.8) is 0 Å². The molecular formula is C15H18OS. The molecule has 1 atom stereocenters. The van der Waals surface area contributed by atoms with E-state index in [1.54, 1.807) is 11.3 Å². The molecule has 17 heavy (non-hydrogen) atoms. The molecule has 0 radical (unpaired) electrons. The van der Waals surface area contributed by atoms with Gasteiger partial charge in [0.25, 0.3) is 0 Å². The van der Waals surface area contributed by atoms with Crippen molar-refractivity contribution >= 4 is 11.3 Å². The Morgan fingerprint density at radius 1 is 1.12 bits per heavy atom. The highest BCUT2D eigenvalue weighted by Gasteiger charge is 2.05. The SMILES string of the molecule is CCC(C)Oc1ccc(Cc2ccccc2)s1. The molecule has 0 aliphatic heterocycles. The lowest BCUT2D eigenvalue weighted by molar-refractivity contribution is 0.224. The van der Waals surface area contributed by atoms with Crippen molar-refractivity contribution < 1.29 is 4.74 Å². The van der Waals surface area contributed by atoms with Gasteiger partial charge in [-0.2, -0.15) is 0 Å². The van der Waals surface area contributed by atoms with Crippen LogP contribution in [-0.2, 0) is 6.42 Å². The van der Waals surface area contributed by atoms with E-state index in [1.807, 2.05) is 0 Å². The Morgan fingerprint density at radius 2 is 1.88 bits per heavy atom. The van der Waals surface area contributed by atoms with Crippen LogP contribution in [0.3, 0.4) is 0 Å². The molecule has 0 amide bonds. The minimum absolute atomic E-state index is 0.304. The Hall–Kier alpha value is -1.28. The third kappa shape index (κ3) is 3.60. The van der Waals surface area contributed by atoms with E-state index in [1.165, 1.54) is 10.4 Å². The van der Waals surface area contributed by atoms with Crippen molar-refractivity contribution in [2.24, 2.45) is 0 Å². The Labute approximate surface area is 107 Å². The Bertz CT molecular complexity index is 447. The van der Waals surface area contributed by atoms with Crippen molar-refractivity contribution in [1.29, 1.82) is 0 Å². The monoisotopic (exact) mass is 246 g/mol. The van der Waals surface area contributed by atoms with Gasteiger partial charge in [0.1, 0.15) is 0 Å². The maximum atomic E-state index is 5.80. The van der Waals surface area contributed by atoms with E-state index in [4.69, 9.17) is 4.74 Å². The molecule has 0 N–H and O–H groups in total. The summed E-state index contributed by atoms with van der Waals surface area (Å²) in [6.07, 6.45) is 2.35. The van der Waals surface area contributed by atoms with Gasteiger partial charge in [-0.05, 0) is 31.0 Å². The van der Waals surface area contributed by atoms with E-state index >= 15 is 0 Å². The average Bonchev–Trinajstić information content (AvgIpc) is 2.77. The highest BCUT2D eigenvalue weighted by molar-refractivity contribution is 7.13. The molecule has 2 heteroatoms. The zero-order valence-corrected chi connectivity index (χ0v) is 11.2. The topological polar surface area (TPSA) is 9.23 Å². The second-order valence-electron chi connectivity index (χ2n) is 4.22. The quantitative estimate of drug-likeness (QED) is 0.754. The zero-order chi connectivity index (χ0) is 12.1. The summed E-state index contributed by atoms with van der Waals surface area (Å²) in [6.45, 7) is 4.25. The summed E-state index contributed by atoms with van der Waals surface area (Å²) in [5.74, 6) is 0. The van der Waals surface area contributed by atoms with Gasteiger partial charge >= 0.3 is 0 Å². The largest absolute Gasteiger partial charge is 0.481 e. The van der Waals surface area contributed by atoms with Gasteiger partial charge in [0, 0.05) is 11.3 Å². The van der Waals surface area contributed by atoms with Crippen molar-refractivity contribution in [2.45, 2.75) is 32.8 Å². The van der Waals surface area contributed by atoms with Crippen LogP contribution in [0.1, 0.15) is 30.7 Å². The highest BCUT2D eigenvalue weighted by atomic mass is 32.1. The fourth-order valence-electron chi connectivity index (χ4n) is 1.60. The predicted octanol–water partition coefficient (Wildman–Crippen LogP) is 4.52. The minimum atomic E-state index is 0.304. The maximum Gasteiger partial charge on any atom is 0.174 e. The van der Waals surface area contributed by atoms with Crippen LogP contribution in [0, 0.1) is 0 Å². The van der Waals surface area contributed by atoms with Gasteiger partial charge in [-0.25, -0.2) is 0 Å². The second-order valence-corrected chi connectivity index (χ2v) is 5.35. The van der Waals surface area contributed by atoms with E-state index in [9.17, 15) is 0 Å². The molecule has 0 spiro atoms. The third-order valence-electron chi connectivity index (χ3n) is 2.75. The van der Waals surface area contributed by atoms with Crippen molar-refractivity contribution in [3.8, 4) is 5.06 Å². The molecule has 2 rings (SSSR count). The van der Waals surface area contributed by atoms with Crippen molar-refractivity contribution in [1.82, 2.24) is 0 Å². The van der Waals surface area contributed by atoms with Crippen LogP contribution in [0.2, 0.25) is 0 Å². The summed E-state index contributed by atoms with van der Waals surface area (Å²) < 4.78 is 5.80. The first-order chi connectivity index (χ1) is 8.28. The van der Waals surface area contributed by atoms with Crippen LogP contribution in [-0.4, -0.2) is 6.10 Å². The van der Waals surface area contributed by atoms with E-state index in [0.717, 1.165) is 17.9 Å². The van der Waals surface area contributed by atoms with Gasteiger partial charge < -0.3 is 4.74 Å². The molecule has 1 nitrogen and oxygen atoms in total. The number of hydrogen-bond donors (Lipinski definition) is 0. The van der Waals surface area contributed by atoms with Gasteiger partial charge in [0.05, 0.1) is 6.10 Å². The van der Waals surface area contributed by atoms with Crippen LogP contribution in [0.4, 0.5) is 0 Å². The fourth-order valence-corrected chi connectivity index (χ4v) is 2.58. The first kappa shape index (κ1) is 12.2. The lowest BCUT2D eigenvalue weighted by Crippen LogP contribution is -2.08. The molecule has 2 aromatic rings. The molecule has 1 aromatic carbocycles. The Kier molecular flexibility index (Phi) is 4.21. The summed E-state index contributed by atoms with van der Waals surface area (Å²) in [7, 11) is 0. The Morgan fingerprint density at radius 3 is 2.59 bits per heavy atom. The van der Waals surface area contributed by atoms with E-state index in [-0.39, 0.29) is 0 Å².